The molecule has 14 heavy (non-hydrogen) atoms. The maximum Gasteiger partial charge on any atom is 0.220 e. The van der Waals surface area contributed by atoms with Crippen LogP contribution in [0.5, 0.6) is 5.88 Å². The van der Waals surface area contributed by atoms with Crippen molar-refractivity contribution in [2.45, 2.75) is 12.6 Å². The van der Waals surface area contributed by atoms with Crippen LogP contribution in [-0.2, 0) is 0 Å². The maximum atomic E-state index is 13.6. The van der Waals surface area contributed by atoms with E-state index in [2.05, 4.69) is 4.98 Å². The molecule has 0 aliphatic carbocycles. The van der Waals surface area contributed by atoms with Crippen LogP contribution in [0.15, 0.2) is 12.3 Å². The lowest BCUT2D eigenvalue weighted by Gasteiger charge is -2.12. The van der Waals surface area contributed by atoms with Crippen LogP contribution in [0.1, 0.15) is 18.2 Å². The normalized spacial score (nSPS) is 12.6. The largest absolute Gasteiger partial charge is 0.481 e. The Balaban J connectivity index is 3.03. The molecular formula is C9H12ClFN2O. The lowest BCUT2D eigenvalue weighted by Crippen LogP contribution is -2.06. The van der Waals surface area contributed by atoms with Gasteiger partial charge < -0.3 is 10.5 Å². The molecule has 5 heteroatoms. The molecule has 0 radical (unpaired) electrons. The summed E-state index contributed by atoms with van der Waals surface area (Å²) in [6.45, 7) is 0.259. The molecule has 1 heterocycles. The first-order valence-corrected chi connectivity index (χ1v) is 4.61. The van der Waals surface area contributed by atoms with Crippen LogP contribution in [-0.4, -0.2) is 18.6 Å². The van der Waals surface area contributed by atoms with Gasteiger partial charge in [0.25, 0.3) is 0 Å². The van der Waals surface area contributed by atoms with E-state index >= 15 is 0 Å². The molecule has 0 aliphatic rings. The van der Waals surface area contributed by atoms with E-state index in [0.717, 1.165) is 0 Å². The zero-order chi connectivity index (χ0) is 10.6. The molecule has 3 nitrogen and oxygen atoms in total. The third-order valence-corrected chi connectivity index (χ3v) is 2.16. The number of methoxy groups -OCH3 is 1. The van der Waals surface area contributed by atoms with E-state index in [1.807, 2.05) is 0 Å². The van der Waals surface area contributed by atoms with Gasteiger partial charge in [-0.05, 0) is 19.0 Å². The molecule has 1 unspecified atom stereocenters. The topological polar surface area (TPSA) is 48.1 Å². The van der Waals surface area contributed by atoms with Crippen LogP contribution in [0, 0.1) is 0 Å². The quantitative estimate of drug-likeness (QED) is 0.842. The van der Waals surface area contributed by atoms with Crippen LogP contribution in [0.4, 0.5) is 4.39 Å². The van der Waals surface area contributed by atoms with Crippen molar-refractivity contribution >= 4 is 11.6 Å². The summed E-state index contributed by atoms with van der Waals surface area (Å²) >= 11 is 5.84. The highest BCUT2D eigenvalue weighted by molar-refractivity contribution is 6.31. The van der Waals surface area contributed by atoms with Crippen molar-refractivity contribution in [1.29, 1.82) is 0 Å². The number of hydrogen-bond acceptors (Lipinski definition) is 3. The summed E-state index contributed by atoms with van der Waals surface area (Å²) in [7, 11) is 1.43. The Bertz CT molecular complexity index is 309. The molecule has 1 aromatic heterocycles. The standard InChI is InChI=1S/C9H12ClFN2O/c1-14-9-8(7(11)2-4-12)6(10)3-5-13-9/h3,5,7H,2,4,12H2,1H3. The fourth-order valence-electron chi connectivity index (χ4n) is 1.17. The lowest BCUT2D eigenvalue weighted by molar-refractivity contribution is 0.306. The zero-order valence-electron chi connectivity index (χ0n) is 7.84. The van der Waals surface area contributed by atoms with E-state index in [9.17, 15) is 4.39 Å². The minimum Gasteiger partial charge on any atom is -0.481 e. The zero-order valence-corrected chi connectivity index (χ0v) is 8.59. The van der Waals surface area contributed by atoms with Gasteiger partial charge in [-0.15, -0.1) is 0 Å². The number of aromatic nitrogens is 1. The molecule has 0 amide bonds. The summed E-state index contributed by atoms with van der Waals surface area (Å²) in [6.07, 6.45) is 0.456. The first-order chi connectivity index (χ1) is 6.70. The highest BCUT2D eigenvalue weighted by Crippen LogP contribution is 2.33. The van der Waals surface area contributed by atoms with Crippen LogP contribution in [0.2, 0.25) is 5.02 Å². The lowest BCUT2D eigenvalue weighted by atomic mass is 10.1. The SMILES string of the molecule is COc1nccc(Cl)c1C(F)CCN. The summed E-state index contributed by atoms with van der Waals surface area (Å²) in [6, 6.07) is 1.53. The first-order valence-electron chi connectivity index (χ1n) is 4.23. The highest BCUT2D eigenvalue weighted by atomic mass is 35.5. The van der Waals surface area contributed by atoms with E-state index in [4.69, 9.17) is 22.1 Å². The van der Waals surface area contributed by atoms with Gasteiger partial charge in [0, 0.05) is 6.20 Å². The Morgan fingerprint density at radius 1 is 1.71 bits per heavy atom. The average Bonchev–Trinajstić information content (AvgIpc) is 2.17. The third kappa shape index (κ3) is 2.33. The van der Waals surface area contributed by atoms with Gasteiger partial charge in [-0.3, -0.25) is 0 Å². The van der Waals surface area contributed by atoms with Crippen LogP contribution >= 0.6 is 11.6 Å². The van der Waals surface area contributed by atoms with E-state index in [1.165, 1.54) is 19.4 Å². The van der Waals surface area contributed by atoms with Gasteiger partial charge in [-0.25, -0.2) is 9.37 Å². The Kier molecular flexibility index (Phi) is 4.10. The second-order valence-electron chi connectivity index (χ2n) is 2.76. The van der Waals surface area contributed by atoms with E-state index in [-0.39, 0.29) is 24.4 Å². The molecule has 1 atom stereocenters. The van der Waals surface area contributed by atoms with Crippen molar-refractivity contribution in [1.82, 2.24) is 4.98 Å². The summed E-state index contributed by atoms with van der Waals surface area (Å²) < 4.78 is 18.5. The molecule has 0 fully saturated rings. The fraction of sp³-hybridized carbons (Fsp3) is 0.444. The van der Waals surface area contributed by atoms with Crippen molar-refractivity contribution in [3.05, 3.63) is 22.8 Å². The summed E-state index contributed by atoms with van der Waals surface area (Å²) in [4.78, 5) is 3.87. The minimum absolute atomic E-state index is 0.210. The summed E-state index contributed by atoms with van der Waals surface area (Å²) in [5.74, 6) is 0.221. The van der Waals surface area contributed by atoms with Crippen LogP contribution in [0.25, 0.3) is 0 Å². The molecule has 0 spiro atoms. The van der Waals surface area contributed by atoms with Crippen molar-refractivity contribution in [2.24, 2.45) is 5.73 Å². The maximum absolute atomic E-state index is 13.6. The van der Waals surface area contributed by atoms with E-state index in [0.29, 0.717) is 5.02 Å². The Morgan fingerprint density at radius 2 is 2.43 bits per heavy atom. The van der Waals surface area contributed by atoms with Crippen molar-refractivity contribution in [2.75, 3.05) is 13.7 Å². The number of rotatable bonds is 4. The molecule has 2 N–H and O–H groups in total. The van der Waals surface area contributed by atoms with E-state index < -0.39 is 6.17 Å². The van der Waals surface area contributed by atoms with Gasteiger partial charge in [-0.2, -0.15) is 0 Å². The molecule has 0 aliphatic heterocycles. The predicted molar refractivity (Wildman–Crippen MR) is 53.3 cm³/mol. The van der Waals surface area contributed by atoms with Crippen LogP contribution < -0.4 is 10.5 Å². The Hall–Kier alpha value is -0.870. The predicted octanol–water partition coefficient (Wildman–Crippen LogP) is 2.10. The molecular weight excluding hydrogens is 207 g/mol. The average molecular weight is 219 g/mol. The first kappa shape index (κ1) is 11.2. The Morgan fingerprint density at radius 3 is 3.00 bits per heavy atom. The van der Waals surface area contributed by atoms with E-state index in [1.54, 1.807) is 0 Å². The monoisotopic (exact) mass is 218 g/mol. The number of alkyl halides is 1. The molecule has 1 aromatic rings. The molecule has 0 saturated carbocycles. The second-order valence-corrected chi connectivity index (χ2v) is 3.17. The molecule has 78 valence electrons. The molecule has 1 rings (SSSR count). The summed E-state index contributed by atoms with van der Waals surface area (Å²) in [5, 5.41) is 0.317. The molecule has 0 aromatic carbocycles. The van der Waals surface area contributed by atoms with Gasteiger partial charge in [0.2, 0.25) is 5.88 Å². The van der Waals surface area contributed by atoms with Gasteiger partial charge >= 0.3 is 0 Å². The second kappa shape index (κ2) is 5.12. The highest BCUT2D eigenvalue weighted by Gasteiger charge is 2.18. The van der Waals surface area contributed by atoms with Gasteiger partial charge in [-0.1, -0.05) is 11.6 Å². The van der Waals surface area contributed by atoms with Crippen molar-refractivity contribution in [3.8, 4) is 5.88 Å². The van der Waals surface area contributed by atoms with Crippen molar-refractivity contribution in [3.63, 3.8) is 0 Å². The number of ether oxygens (including phenoxy) is 1. The smallest absolute Gasteiger partial charge is 0.220 e. The number of pyridine rings is 1. The van der Waals surface area contributed by atoms with Gasteiger partial charge in [0.1, 0.15) is 6.17 Å². The van der Waals surface area contributed by atoms with Crippen molar-refractivity contribution < 1.29 is 9.13 Å². The molecule has 0 saturated heterocycles. The summed E-state index contributed by atoms with van der Waals surface area (Å²) in [5.41, 5.74) is 5.54. The number of nitrogens with zero attached hydrogens (tertiary/aromatic N) is 1. The number of hydrogen-bond donors (Lipinski definition) is 1. The van der Waals surface area contributed by atoms with Gasteiger partial charge in [0.15, 0.2) is 0 Å². The van der Waals surface area contributed by atoms with Gasteiger partial charge in [0.05, 0.1) is 17.7 Å². The Labute approximate surface area is 87.0 Å². The minimum atomic E-state index is -1.23. The number of halogens is 2. The van der Waals surface area contributed by atoms with Crippen LogP contribution in [0.3, 0.4) is 0 Å². The third-order valence-electron chi connectivity index (χ3n) is 1.83. The fourth-order valence-corrected chi connectivity index (χ4v) is 1.42. The number of nitrogens with two attached hydrogens (primary N) is 1. The molecule has 0 bridgehead atoms.